The monoisotopic (exact) mass is 477 g/mol. The lowest BCUT2D eigenvalue weighted by Crippen LogP contribution is -2.40. The minimum atomic E-state index is -0.660. The standard InChI is InChI=1S/C25H36FN3O5/c1-18(2)33-17-19(30)14-28(15-20-6-5-11-32-20)16-22-24(21-7-3-4-8-23(21)26)27-34-25(22)29-9-12-31-13-10-29/h3-4,7-8,18-20,30H,5-6,9-17H2,1-2H3. The van der Waals surface area contributed by atoms with Gasteiger partial charge in [0.25, 0.3) is 0 Å². The molecule has 188 valence electrons. The van der Waals surface area contributed by atoms with Crippen LogP contribution in [0.25, 0.3) is 11.3 Å². The number of hydrogen-bond donors (Lipinski definition) is 1. The molecule has 0 spiro atoms. The molecule has 0 bridgehead atoms. The molecule has 1 aromatic carbocycles. The molecule has 0 amide bonds. The number of rotatable bonds is 11. The fourth-order valence-corrected chi connectivity index (χ4v) is 4.48. The summed E-state index contributed by atoms with van der Waals surface area (Å²) in [6, 6.07) is 6.60. The Morgan fingerprint density at radius 1 is 1.24 bits per heavy atom. The number of aromatic nitrogens is 1. The smallest absolute Gasteiger partial charge is 0.232 e. The molecule has 2 aromatic rings. The second-order valence-electron chi connectivity index (χ2n) is 9.26. The lowest BCUT2D eigenvalue weighted by molar-refractivity contribution is -0.0172. The van der Waals surface area contributed by atoms with Gasteiger partial charge in [-0.15, -0.1) is 0 Å². The van der Waals surface area contributed by atoms with Crippen LogP contribution in [0.3, 0.4) is 0 Å². The van der Waals surface area contributed by atoms with Crippen LogP contribution in [-0.4, -0.2) is 86.1 Å². The maximum Gasteiger partial charge on any atom is 0.232 e. The number of aliphatic hydroxyl groups excluding tert-OH is 1. The van der Waals surface area contributed by atoms with E-state index < -0.39 is 6.10 Å². The van der Waals surface area contributed by atoms with E-state index in [2.05, 4.69) is 15.0 Å². The van der Waals surface area contributed by atoms with Gasteiger partial charge < -0.3 is 28.7 Å². The minimum absolute atomic E-state index is 0.0416. The Kier molecular flexibility index (Phi) is 8.91. The molecule has 2 fully saturated rings. The molecule has 2 aliphatic rings. The lowest BCUT2D eigenvalue weighted by atomic mass is 10.1. The number of benzene rings is 1. The molecule has 2 atom stereocenters. The van der Waals surface area contributed by atoms with Gasteiger partial charge in [-0.25, -0.2) is 4.39 Å². The lowest BCUT2D eigenvalue weighted by Gasteiger charge is -2.30. The van der Waals surface area contributed by atoms with E-state index in [1.165, 1.54) is 6.07 Å². The van der Waals surface area contributed by atoms with E-state index in [9.17, 15) is 9.50 Å². The van der Waals surface area contributed by atoms with E-state index >= 15 is 0 Å². The van der Waals surface area contributed by atoms with E-state index in [1.807, 2.05) is 13.8 Å². The summed E-state index contributed by atoms with van der Waals surface area (Å²) < 4.78 is 37.6. The van der Waals surface area contributed by atoms with Crippen LogP contribution in [0.1, 0.15) is 32.3 Å². The average Bonchev–Trinajstić information content (AvgIpc) is 3.49. The molecule has 9 heteroatoms. The van der Waals surface area contributed by atoms with Gasteiger partial charge in [0.2, 0.25) is 5.88 Å². The van der Waals surface area contributed by atoms with Crippen LogP contribution >= 0.6 is 0 Å². The van der Waals surface area contributed by atoms with Crippen molar-refractivity contribution in [1.29, 1.82) is 0 Å². The topological polar surface area (TPSA) is 80.4 Å². The third-order valence-electron chi connectivity index (χ3n) is 6.15. The zero-order chi connectivity index (χ0) is 23.9. The van der Waals surface area contributed by atoms with Crippen molar-refractivity contribution in [3.63, 3.8) is 0 Å². The van der Waals surface area contributed by atoms with Crippen molar-refractivity contribution in [2.45, 2.75) is 51.5 Å². The first-order valence-corrected chi connectivity index (χ1v) is 12.2. The van der Waals surface area contributed by atoms with Gasteiger partial charge in [-0.3, -0.25) is 4.90 Å². The molecule has 1 N–H and O–H groups in total. The zero-order valence-electron chi connectivity index (χ0n) is 20.1. The molecule has 2 aliphatic heterocycles. The van der Waals surface area contributed by atoms with Crippen LogP contribution in [0.15, 0.2) is 28.8 Å². The summed E-state index contributed by atoms with van der Waals surface area (Å²) in [7, 11) is 0. The average molecular weight is 478 g/mol. The number of hydrogen-bond acceptors (Lipinski definition) is 8. The summed E-state index contributed by atoms with van der Waals surface area (Å²) in [6.07, 6.45) is 1.49. The largest absolute Gasteiger partial charge is 0.389 e. The Balaban J connectivity index is 1.62. The summed E-state index contributed by atoms with van der Waals surface area (Å²) in [4.78, 5) is 4.24. The van der Waals surface area contributed by atoms with Gasteiger partial charge in [0, 0.05) is 44.9 Å². The quantitative estimate of drug-likeness (QED) is 0.529. The fourth-order valence-electron chi connectivity index (χ4n) is 4.48. The third-order valence-corrected chi connectivity index (χ3v) is 6.15. The Morgan fingerprint density at radius 3 is 2.74 bits per heavy atom. The molecule has 34 heavy (non-hydrogen) atoms. The van der Waals surface area contributed by atoms with Gasteiger partial charge >= 0.3 is 0 Å². The highest BCUT2D eigenvalue weighted by Gasteiger charge is 2.29. The van der Waals surface area contributed by atoms with Crippen molar-refractivity contribution in [1.82, 2.24) is 10.1 Å². The second-order valence-corrected chi connectivity index (χ2v) is 9.26. The molecular formula is C25H36FN3O5. The first-order chi connectivity index (χ1) is 16.5. The second kappa shape index (κ2) is 12.1. The molecule has 4 rings (SSSR count). The van der Waals surface area contributed by atoms with Crippen LogP contribution in [0.2, 0.25) is 0 Å². The molecular weight excluding hydrogens is 441 g/mol. The number of nitrogens with zero attached hydrogens (tertiary/aromatic N) is 3. The number of halogens is 1. The molecule has 2 saturated heterocycles. The number of anilines is 1. The Hall–Kier alpha value is -2.04. The van der Waals surface area contributed by atoms with Crippen molar-refractivity contribution < 1.29 is 28.2 Å². The summed E-state index contributed by atoms with van der Waals surface area (Å²) in [6.45, 7) is 8.94. The zero-order valence-corrected chi connectivity index (χ0v) is 20.1. The number of morpholine rings is 1. The van der Waals surface area contributed by atoms with Crippen molar-refractivity contribution in [3.05, 3.63) is 35.6 Å². The summed E-state index contributed by atoms with van der Waals surface area (Å²) in [5.74, 6) is 0.286. The molecule has 3 heterocycles. The first-order valence-electron chi connectivity index (χ1n) is 12.2. The van der Waals surface area contributed by atoms with Gasteiger partial charge in [-0.2, -0.15) is 0 Å². The van der Waals surface area contributed by atoms with Crippen molar-refractivity contribution in [2.75, 3.05) is 57.5 Å². The van der Waals surface area contributed by atoms with Gasteiger partial charge in [0.15, 0.2) is 0 Å². The van der Waals surface area contributed by atoms with E-state index in [4.69, 9.17) is 18.7 Å². The van der Waals surface area contributed by atoms with Gasteiger partial charge in [0.05, 0.1) is 43.7 Å². The molecule has 1 aromatic heterocycles. The van der Waals surface area contributed by atoms with Crippen LogP contribution < -0.4 is 4.90 Å². The Morgan fingerprint density at radius 2 is 2.03 bits per heavy atom. The van der Waals surface area contributed by atoms with Crippen LogP contribution in [0.5, 0.6) is 0 Å². The predicted octanol–water partition coefficient (Wildman–Crippen LogP) is 3.08. The van der Waals surface area contributed by atoms with Crippen molar-refractivity contribution >= 4 is 5.88 Å². The third kappa shape index (κ3) is 6.55. The SMILES string of the molecule is CC(C)OCC(O)CN(Cc1c(-c2ccccc2F)noc1N1CCOCC1)CC1CCCO1. The van der Waals surface area contributed by atoms with Gasteiger partial charge in [-0.1, -0.05) is 17.3 Å². The maximum atomic E-state index is 14.8. The minimum Gasteiger partial charge on any atom is -0.389 e. The van der Waals surface area contributed by atoms with E-state index in [-0.39, 0.29) is 24.6 Å². The summed E-state index contributed by atoms with van der Waals surface area (Å²) >= 11 is 0. The highest BCUT2D eigenvalue weighted by atomic mass is 19.1. The Bertz CT molecular complexity index is 896. The van der Waals surface area contributed by atoms with Gasteiger partial charge in [-0.05, 0) is 38.8 Å². The van der Waals surface area contributed by atoms with Crippen molar-refractivity contribution in [2.24, 2.45) is 0 Å². The number of aliphatic hydroxyl groups is 1. The van der Waals surface area contributed by atoms with E-state index in [0.29, 0.717) is 63.1 Å². The van der Waals surface area contributed by atoms with Crippen LogP contribution in [0.4, 0.5) is 10.3 Å². The summed E-state index contributed by atoms with van der Waals surface area (Å²) in [5, 5.41) is 15.0. The van der Waals surface area contributed by atoms with Crippen LogP contribution in [-0.2, 0) is 20.8 Å². The first kappa shape index (κ1) is 25.1. The van der Waals surface area contributed by atoms with E-state index in [0.717, 1.165) is 25.0 Å². The van der Waals surface area contributed by atoms with Crippen LogP contribution in [0, 0.1) is 5.82 Å². The van der Waals surface area contributed by atoms with E-state index in [1.54, 1.807) is 18.2 Å². The summed E-state index contributed by atoms with van der Waals surface area (Å²) in [5.41, 5.74) is 1.70. The predicted molar refractivity (Wildman–Crippen MR) is 126 cm³/mol. The fraction of sp³-hybridized carbons (Fsp3) is 0.640. The molecule has 0 saturated carbocycles. The highest BCUT2D eigenvalue weighted by molar-refractivity contribution is 5.68. The maximum absolute atomic E-state index is 14.8. The molecule has 2 unspecified atom stereocenters. The molecule has 0 radical (unpaired) electrons. The van der Waals surface area contributed by atoms with Gasteiger partial charge in [0.1, 0.15) is 11.5 Å². The van der Waals surface area contributed by atoms with Crippen molar-refractivity contribution in [3.8, 4) is 11.3 Å². The highest BCUT2D eigenvalue weighted by Crippen LogP contribution is 2.34. The number of ether oxygens (including phenoxy) is 3. The molecule has 8 nitrogen and oxygen atoms in total. The Labute approximate surface area is 200 Å². The normalized spacial score (nSPS) is 19.9. The molecule has 0 aliphatic carbocycles.